The summed E-state index contributed by atoms with van der Waals surface area (Å²) in [5.74, 6) is 0.0172. The highest BCUT2D eigenvalue weighted by atomic mass is 32.1. The Labute approximate surface area is 117 Å². The molecule has 1 aliphatic carbocycles. The molecule has 1 aromatic heterocycles. The van der Waals surface area contributed by atoms with E-state index in [1.807, 2.05) is 6.92 Å². The van der Waals surface area contributed by atoms with Gasteiger partial charge in [-0.2, -0.15) is 0 Å². The molecule has 0 aliphatic heterocycles. The van der Waals surface area contributed by atoms with Crippen LogP contribution in [0.4, 0.5) is 8.78 Å². The maximum Gasteiger partial charge on any atom is 0.241 e. The number of rotatable bonds is 5. The zero-order chi connectivity index (χ0) is 13.8. The molecule has 1 N–H and O–H groups in total. The van der Waals surface area contributed by atoms with E-state index in [1.165, 1.54) is 0 Å². The summed E-state index contributed by atoms with van der Waals surface area (Å²) >= 11 is 1.70. The van der Waals surface area contributed by atoms with Crippen LogP contribution in [0.2, 0.25) is 0 Å². The van der Waals surface area contributed by atoms with E-state index in [-0.39, 0.29) is 5.92 Å². The molecule has 108 valence electrons. The number of nitrogens with one attached hydrogen (secondary N) is 1. The first kappa shape index (κ1) is 14.9. The summed E-state index contributed by atoms with van der Waals surface area (Å²) in [5, 5.41) is 6.74. The molecule has 1 unspecified atom stereocenters. The van der Waals surface area contributed by atoms with Gasteiger partial charge in [0.15, 0.2) is 0 Å². The Morgan fingerprint density at radius 3 is 2.58 bits per heavy atom. The van der Waals surface area contributed by atoms with Gasteiger partial charge in [0.25, 0.3) is 0 Å². The Morgan fingerprint density at radius 2 is 2.05 bits per heavy atom. The van der Waals surface area contributed by atoms with Crippen LogP contribution in [0.3, 0.4) is 0 Å². The molecule has 2 nitrogen and oxygen atoms in total. The molecule has 1 heterocycles. The Kier molecular flexibility index (Phi) is 5.28. The number of alkyl halides is 2. The van der Waals surface area contributed by atoms with E-state index in [4.69, 9.17) is 0 Å². The molecule has 1 fully saturated rings. The molecule has 0 amide bonds. The van der Waals surface area contributed by atoms with E-state index in [2.05, 4.69) is 22.6 Å². The standard InChI is InChI=1S/C14H22F2N2S/c1-9(14-18-10(2)8-19-14)7-17-12-5-3-11(4-6-12)13(15)16/h8-9,11-13,17H,3-7H2,1-2H3. The maximum atomic E-state index is 12.6. The lowest BCUT2D eigenvalue weighted by molar-refractivity contribution is 0.0506. The van der Waals surface area contributed by atoms with Crippen LogP contribution in [0.15, 0.2) is 5.38 Å². The number of hydrogen-bond acceptors (Lipinski definition) is 3. The van der Waals surface area contributed by atoms with E-state index in [9.17, 15) is 8.78 Å². The van der Waals surface area contributed by atoms with Gasteiger partial charge in [0.05, 0.1) is 5.01 Å². The van der Waals surface area contributed by atoms with Crippen LogP contribution >= 0.6 is 11.3 Å². The predicted octanol–water partition coefficient (Wildman–Crippen LogP) is 3.97. The Bertz CT molecular complexity index is 387. The molecule has 0 bridgehead atoms. The summed E-state index contributed by atoms with van der Waals surface area (Å²) in [6.45, 7) is 5.05. The Hall–Kier alpha value is -0.550. The molecular weight excluding hydrogens is 266 g/mol. The van der Waals surface area contributed by atoms with Crippen LogP contribution in [0.25, 0.3) is 0 Å². The first-order valence-electron chi connectivity index (χ1n) is 6.99. The van der Waals surface area contributed by atoms with Crippen molar-refractivity contribution in [1.29, 1.82) is 0 Å². The molecule has 2 rings (SSSR count). The van der Waals surface area contributed by atoms with Crippen molar-refractivity contribution in [2.45, 2.75) is 57.9 Å². The van der Waals surface area contributed by atoms with Crippen LogP contribution in [0.1, 0.15) is 49.2 Å². The molecule has 1 saturated carbocycles. The monoisotopic (exact) mass is 288 g/mol. The van der Waals surface area contributed by atoms with Gasteiger partial charge in [0, 0.05) is 35.5 Å². The molecule has 1 atom stereocenters. The minimum atomic E-state index is -2.14. The summed E-state index contributed by atoms with van der Waals surface area (Å²) in [6, 6.07) is 0.401. The normalized spacial score (nSPS) is 25.7. The third-order valence-corrected chi connectivity index (χ3v) is 5.09. The lowest BCUT2D eigenvalue weighted by Gasteiger charge is -2.29. The molecular formula is C14H22F2N2S. The van der Waals surface area contributed by atoms with Gasteiger partial charge in [0.1, 0.15) is 0 Å². The second kappa shape index (κ2) is 6.75. The van der Waals surface area contributed by atoms with Gasteiger partial charge >= 0.3 is 0 Å². The van der Waals surface area contributed by atoms with E-state index < -0.39 is 6.43 Å². The largest absolute Gasteiger partial charge is 0.313 e. The molecule has 5 heteroatoms. The van der Waals surface area contributed by atoms with E-state index >= 15 is 0 Å². The Balaban J connectivity index is 1.72. The zero-order valence-corrected chi connectivity index (χ0v) is 12.4. The summed E-state index contributed by atoms with van der Waals surface area (Å²) in [5.41, 5.74) is 1.07. The van der Waals surface area contributed by atoms with Crippen molar-refractivity contribution in [3.63, 3.8) is 0 Å². The SMILES string of the molecule is Cc1csc(C(C)CNC2CCC(C(F)F)CC2)n1. The molecule has 0 aromatic carbocycles. The maximum absolute atomic E-state index is 12.6. The Morgan fingerprint density at radius 1 is 1.37 bits per heavy atom. The minimum Gasteiger partial charge on any atom is -0.313 e. The van der Waals surface area contributed by atoms with E-state index in [0.717, 1.165) is 30.1 Å². The fraction of sp³-hybridized carbons (Fsp3) is 0.786. The third-order valence-electron chi connectivity index (χ3n) is 3.90. The van der Waals surface area contributed by atoms with Crippen LogP contribution < -0.4 is 5.32 Å². The van der Waals surface area contributed by atoms with Crippen LogP contribution in [-0.2, 0) is 0 Å². The highest BCUT2D eigenvalue weighted by Crippen LogP contribution is 2.29. The predicted molar refractivity (Wildman–Crippen MR) is 75.0 cm³/mol. The van der Waals surface area contributed by atoms with Gasteiger partial charge in [-0.25, -0.2) is 13.8 Å². The van der Waals surface area contributed by atoms with Crippen LogP contribution in [0.5, 0.6) is 0 Å². The summed E-state index contributed by atoms with van der Waals surface area (Å²) in [4.78, 5) is 4.49. The van der Waals surface area contributed by atoms with E-state index in [0.29, 0.717) is 24.8 Å². The number of thiazole rings is 1. The fourth-order valence-corrected chi connectivity index (χ4v) is 3.46. The molecule has 0 saturated heterocycles. The van der Waals surface area contributed by atoms with Crippen molar-refractivity contribution < 1.29 is 8.78 Å². The molecule has 19 heavy (non-hydrogen) atoms. The average molecular weight is 288 g/mol. The number of hydrogen-bond donors (Lipinski definition) is 1. The van der Waals surface area contributed by atoms with Gasteiger partial charge in [-0.05, 0) is 32.6 Å². The highest BCUT2D eigenvalue weighted by Gasteiger charge is 2.27. The van der Waals surface area contributed by atoms with E-state index in [1.54, 1.807) is 11.3 Å². The van der Waals surface area contributed by atoms with Crippen molar-refractivity contribution in [1.82, 2.24) is 10.3 Å². The fourth-order valence-electron chi connectivity index (χ4n) is 2.60. The van der Waals surface area contributed by atoms with Crippen molar-refractivity contribution in [3.8, 4) is 0 Å². The summed E-state index contributed by atoms with van der Waals surface area (Å²) < 4.78 is 25.1. The van der Waals surface area contributed by atoms with Gasteiger partial charge in [-0.15, -0.1) is 11.3 Å². The van der Waals surface area contributed by atoms with Crippen LogP contribution in [-0.4, -0.2) is 24.0 Å². The van der Waals surface area contributed by atoms with Crippen molar-refractivity contribution in [2.75, 3.05) is 6.54 Å². The first-order chi connectivity index (χ1) is 9.06. The lowest BCUT2D eigenvalue weighted by Crippen LogP contribution is -2.36. The highest BCUT2D eigenvalue weighted by molar-refractivity contribution is 7.09. The first-order valence-corrected chi connectivity index (χ1v) is 7.87. The summed E-state index contributed by atoms with van der Waals surface area (Å²) in [6.07, 6.45) is 0.912. The second-order valence-corrected chi connectivity index (χ2v) is 6.47. The minimum absolute atomic E-state index is 0.378. The zero-order valence-electron chi connectivity index (χ0n) is 11.5. The molecule has 1 aliphatic rings. The number of aryl methyl sites for hydroxylation is 1. The molecule has 0 radical (unpaired) electrons. The van der Waals surface area contributed by atoms with Crippen LogP contribution in [0, 0.1) is 12.8 Å². The second-order valence-electron chi connectivity index (χ2n) is 5.58. The van der Waals surface area contributed by atoms with Crippen molar-refractivity contribution in [3.05, 3.63) is 16.1 Å². The lowest BCUT2D eigenvalue weighted by atomic mass is 9.86. The number of nitrogens with zero attached hydrogens (tertiary/aromatic N) is 1. The number of aromatic nitrogens is 1. The summed E-state index contributed by atoms with van der Waals surface area (Å²) in [7, 11) is 0. The topological polar surface area (TPSA) is 24.9 Å². The van der Waals surface area contributed by atoms with Gasteiger partial charge in [-0.3, -0.25) is 0 Å². The van der Waals surface area contributed by atoms with Gasteiger partial charge in [0.2, 0.25) is 6.43 Å². The van der Waals surface area contributed by atoms with Crippen molar-refractivity contribution >= 4 is 11.3 Å². The third kappa shape index (κ3) is 4.21. The number of halogens is 2. The smallest absolute Gasteiger partial charge is 0.241 e. The average Bonchev–Trinajstić information content (AvgIpc) is 2.83. The molecule has 1 aromatic rings. The molecule has 0 spiro atoms. The van der Waals surface area contributed by atoms with Gasteiger partial charge < -0.3 is 5.32 Å². The van der Waals surface area contributed by atoms with Crippen molar-refractivity contribution in [2.24, 2.45) is 5.92 Å². The quantitative estimate of drug-likeness (QED) is 0.887. The van der Waals surface area contributed by atoms with Gasteiger partial charge in [-0.1, -0.05) is 6.92 Å².